The van der Waals surface area contributed by atoms with Gasteiger partial charge in [0.1, 0.15) is 21.3 Å². The maximum Gasteiger partial charge on any atom is 0.180 e. The van der Waals surface area contributed by atoms with Crippen LogP contribution in [0.4, 0.5) is 0 Å². The summed E-state index contributed by atoms with van der Waals surface area (Å²) < 4.78 is 36.7. The van der Waals surface area contributed by atoms with E-state index in [0.717, 1.165) is 42.6 Å². The van der Waals surface area contributed by atoms with Crippen LogP contribution in [-0.4, -0.2) is 52.2 Å². The molecule has 2 aromatic rings. The van der Waals surface area contributed by atoms with Crippen molar-refractivity contribution in [2.75, 3.05) is 52.2 Å². The van der Waals surface area contributed by atoms with E-state index in [1.807, 2.05) is 66.2 Å². The van der Waals surface area contributed by atoms with Crippen molar-refractivity contribution in [3.8, 4) is 34.5 Å². The molecule has 0 saturated heterocycles. The van der Waals surface area contributed by atoms with Crippen molar-refractivity contribution < 1.29 is 28.4 Å². The van der Waals surface area contributed by atoms with Gasteiger partial charge in [0.25, 0.3) is 0 Å². The summed E-state index contributed by atoms with van der Waals surface area (Å²) in [7, 11) is 0. The van der Waals surface area contributed by atoms with E-state index in [0.29, 0.717) is 51.1 Å². The third-order valence-corrected chi connectivity index (χ3v) is 7.31. The average molecular weight is 543 g/mol. The molecule has 0 N–H and O–H groups in total. The fourth-order valence-electron chi connectivity index (χ4n) is 3.39. The second-order valence-electron chi connectivity index (χ2n) is 6.83. The molecule has 0 spiro atoms. The van der Waals surface area contributed by atoms with E-state index in [2.05, 4.69) is 0 Å². The van der Waals surface area contributed by atoms with Gasteiger partial charge in [-0.2, -0.15) is 0 Å². The van der Waals surface area contributed by atoms with Crippen molar-refractivity contribution in [1.82, 2.24) is 0 Å². The van der Waals surface area contributed by atoms with Crippen molar-refractivity contribution in [2.24, 2.45) is 0 Å². The van der Waals surface area contributed by atoms with Gasteiger partial charge in [-0.1, -0.05) is 11.8 Å². The standard InChI is InChI=1S/C26H38O6S3/c1-9-27-17-15-19(33-7)21(29-11-3)23(31-13-5)25(17)35-26-18(28-10-2)16-20(34-8)22(30-12-4)24(26)32-14-6/h15-16H,9-14H2,1-8H3. The Kier molecular flexibility index (Phi) is 13.0. The Bertz CT molecular complexity index is 876. The number of benzene rings is 2. The molecular weight excluding hydrogens is 504 g/mol. The highest BCUT2D eigenvalue weighted by Gasteiger charge is 2.28. The van der Waals surface area contributed by atoms with Crippen molar-refractivity contribution in [1.29, 1.82) is 0 Å². The summed E-state index contributed by atoms with van der Waals surface area (Å²) in [5, 5.41) is 0. The van der Waals surface area contributed by atoms with Crippen LogP contribution in [0.5, 0.6) is 34.5 Å². The van der Waals surface area contributed by atoms with Gasteiger partial charge in [-0.3, -0.25) is 0 Å². The van der Waals surface area contributed by atoms with E-state index in [-0.39, 0.29) is 0 Å². The zero-order chi connectivity index (χ0) is 25.8. The molecule has 2 rings (SSSR count). The van der Waals surface area contributed by atoms with E-state index in [1.54, 1.807) is 23.5 Å². The Morgan fingerprint density at radius 3 is 1.09 bits per heavy atom. The normalized spacial score (nSPS) is 10.7. The van der Waals surface area contributed by atoms with E-state index < -0.39 is 0 Å². The zero-order valence-electron chi connectivity index (χ0n) is 22.1. The van der Waals surface area contributed by atoms with Crippen LogP contribution < -0.4 is 28.4 Å². The third-order valence-electron chi connectivity index (χ3n) is 4.64. The highest BCUT2D eigenvalue weighted by atomic mass is 32.2. The van der Waals surface area contributed by atoms with Crippen LogP contribution in [0.3, 0.4) is 0 Å². The molecule has 0 aliphatic carbocycles. The second-order valence-corrected chi connectivity index (χ2v) is 9.55. The summed E-state index contributed by atoms with van der Waals surface area (Å²) in [6.45, 7) is 14.9. The molecule has 0 atom stereocenters. The number of thioether (sulfide) groups is 2. The van der Waals surface area contributed by atoms with E-state index in [1.165, 1.54) is 11.8 Å². The molecule has 196 valence electrons. The van der Waals surface area contributed by atoms with Gasteiger partial charge in [0.05, 0.1) is 49.4 Å². The molecule has 2 aromatic carbocycles. The number of ether oxygens (including phenoxy) is 6. The van der Waals surface area contributed by atoms with Crippen molar-refractivity contribution in [3.63, 3.8) is 0 Å². The lowest BCUT2D eigenvalue weighted by molar-refractivity contribution is 0.265. The smallest absolute Gasteiger partial charge is 0.180 e. The largest absolute Gasteiger partial charge is 0.493 e. The predicted octanol–water partition coefficient (Wildman–Crippen LogP) is 7.67. The van der Waals surface area contributed by atoms with Crippen molar-refractivity contribution in [3.05, 3.63) is 12.1 Å². The molecule has 0 heterocycles. The third kappa shape index (κ3) is 7.17. The summed E-state index contributed by atoms with van der Waals surface area (Å²) in [6.07, 6.45) is 4.04. The minimum absolute atomic E-state index is 0.489. The molecule has 0 radical (unpaired) electrons. The van der Waals surface area contributed by atoms with Crippen LogP contribution in [0.25, 0.3) is 0 Å². The molecule has 0 unspecified atom stereocenters. The van der Waals surface area contributed by atoms with Gasteiger partial charge in [-0.05, 0) is 66.2 Å². The highest BCUT2D eigenvalue weighted by Crippen LogP contribution is 2.57. The van der Waals surface area contributed by atoms with Gasteiger partial charge >= 0.3 is 0 Å². The summed E-state index contributed by atoms with van der Waals surface area (Å²) >= 11 is 4.69. The molecule has 0 aliphatic rings. The Morgan fingerprint density at radius 2 is 0.800 bits per heavy atom. The summed E-state index contributed by atoms with van der Waals surface area (Å²) in [5.41, 5.74) is 0. The number of hydrogen-bond donors (Lipinski definition) is 0. The zero-order valence-corrected chi connectivity index (χ0v) is 24.5. The predicted molar refractivity (Wildman–Crippen MR) is 148 cm³/mol. The van der Waals surface area contributed by atoms with E-state index in [4.69, 9.17) is 28.4 Å². The van der Waals surface area contributed by atoms with Crippen LogP contribution >= 0.6 is 35.3 Å². The van der Waals surface area contributed by atoms with E-state index >= 15 is 0 Å². The maximum atomic E-state index is 6.19. The van der Waals surface area contributed by atoms with Gasteiger partial charge in [-0.15, -0.1) is 23.5 Å². The van der Waals surface area contributed by atoms with Crippen molar-refractivity contribution in [2.45, 2.75) is 61.1 Å². The number of rotatable bonds is 16. The van der Waals surface area contributed by atoms with Crippen LogP contribution in [0.2, 0.25) is 0 Å². The molecule has 9 heteroatoms. The first-order valence-corrected chi connectivity index (χ1v) is 15.3. The lowest BCUT2D eigenvalue weighted by atomic mass is 10.2. The quantitative estimate of drug-likeness (QED) is 0.199. The van der Waals surface area contributed by atoms with E-state index in [9.17, 15) is 0 Å². The van der Waals surface area contributed by atoms with Crippen molar-refractivity contribution >= 4 is 35.3 Å². The first-order valence-electron chi connectivity index (χ1n) is 12.0. The van der Waals surface area contributed by atoms with Crippen LogP contribution in [0, 0.1) is 0 Å². The molecular formula is C26H38O6S3. The molecule has 35 heavy (non-hydrogen) atoms. The van der Waals surface area contributed by atoms with Gasteiger partial charge < -0.3 is 28.4 Å². The SMILES string of the molecule is CCOc1cc(SC)c(OCC)c(OCC)c1Sc1c(OCC)cc(SC)c(OCC)c1OCC. The fourth-order valence-corrected chi connectivity index (χ4v) is 5.64. The monoisotopic (exact) mass is 542 g/mol. The lowest BCUT2D eigenvalue weighted by Gasteiger charge is -2.24. The highest BCUT2D eigenvalue weighted by molar-refractivity contribution is 8.00. The topological polar surface area (TPSA) is 55.4 Å². The summed E-state index contributed by atoms with van der Waals surface area (Å²) in [6, 6.07) is 4.04. The molecule has 0 aromatic heterocycles. The van der Waals surface area contributed by atoms with Crippen LogP contribution in [0.1, 0.15) is 41.5 Å². The second kappa shape index (κ2) is 15.4. The average Bonchev–Trinajstić information content (AvgIpc) is 2.85. The van der Waals surface area contributed by atoms with Gasteiger partial charge in [0.2, 0.25) is 0 Å². The van der Waals surface area contributed by atoms with Gasteiger partial charge in [0.15, 0.2) is 23.0 Å². The van der Waals surface area contributed by atoms with Crippen LogP contribution in [-0.2, 0) is 0 Å². The Labute approximate surface area is 223 Å². The minimum atomic E-state index is 0.489. The molecule has 0 saturated carbocycles. The summed E-state index contributed by atoms with van der Waals surface area (Å²) in [4.78, 5) is 3.56. The Balaban J connectivity index is 2.89. The molecule has 0 aliphatic heterocycles. The van der Waals surface area contributed by atoms with Gasteiger partial charge in [0, 0.05) is 0 Å². The Morgan fingerprint density at radius 1 is 0.486 bits per heavy atom. The number of hydrogen-bond acceptors (Lipinski definition) is 9. The fraction of sp³-hybridized carbons (Fsp3) is 0.538. The minimum Gasteiger partial charge on any atom is -0.493 e. The van der Waals surface area contributed by atoms with Gasteiger partial charge in [-0.25, -0.2) is 0 Å². The molecule has 0 bridgehead atoms. The Hall–Kier alpha value is -1.71. The lowest BCUT2D eigenvalue weighted by Crippen LogP contribution is -2.06. The van der Waals surface area contributed by atoms with Crippen LogP contribution in [0.15, 0.2) is 31.7 Å². The molecule has 0 amide bonds. The molecule has 0 fully saturated rings. The first kappa shape index (κ1) is 29.5. The summed E-state index contributed by atoms with van der Waals surface area (Å²) in [5.74, 6) is 4.21. The molecule has 6 nitrogen and oxygen atoms in total. The first-order chi connectivity index (χ1) is 17.0. The maximum absolute atomic E-state index is 6.19.